The zero-order valence-electron chi connectivity index (χ0n) is 89.4. The number of para-hydroxylation sites is 1. The fourth-order valence-corrected chi connectivity index (χ4v) is 11.0. The molecule has 782 valence electrons. The number of hydrogen-bond acceptors (Lipinski definition) is 50. The van der Waals surface area contributed by atoms with Crippen molar-refractivity contribution in [1.82, 2.24) is 140 Å². The third kappa shape index (κ3) is 54.4. The molecule has 0 aliphatic rings. The number of anilines is 23. The Labute approximate surface area is 844 Å². The number of unbranched alkanes of at least 4 members (excludes halogenated alkanes) is 6. The first kappa shape index (κ1) is 121. The molecule has 0 amide bonds. The second-order valence-electron chi connectivity index (χ2n) is 31.9. The predicted molar refractivity (Wildman–Crippen MR) is 586 cm³/mol. The van der Waals surface area contributed by atoms with Crippen LogP contribution in [-0.2, 0) is 6.54 Å². The maximum absolute atomic E-state index is 5.45. The maximum Gasteiger partial charge on any atom is 0.233 e. The molecule has 22 N–H and O–H groups in total. The molecule has 0 bridgehead atoms. The number of aryl methyl sites for hydroxylation is 8. The SMILES string of the molecule is CCCCCNc1nc(C)nc(N(C)C)n1.CCCCCNc1nc(C)nc(NC)n1.CCCCNc1cc(N(C)C)nc(C)n1.CCCCNc1cc(NC)nc(C)n1.CCCNc1nc(C)nc(N(C)C)n1.CCCNc1nc(C)nc(NC)n1.CCNc1nc(C)nc(N(C)C)n1.CCNc1nc(C)nc(NC)n1.Nc1nc(N)nc(NCc2ccccc2)n1.Nc1nc(N)nc(Nc2ccccc2)n1. The van der Waals surface area contributed by atoms with Crippen molar-refractivity contribution in [2.45, 2.75) is 194 Å². The number of benzene rings is 2. The van der Waals surface area contributed by atoms with E-state index in [1.54, 1.807) is 21.1 Å². The molecule has 12 aromatic rings. The van der Waals surface area contributed by atoms with Gasteiger partial charge in [-0.05, 0) is 125 Å². The number of nitrogens with zero attached hydrogens (tertiary/aromatic N) is 32. The zero-order valence-corrected chi connectivity index (χ0v) is 89.4. The smallest absolute Gasteiger partial charge is 0.233 e. The molecule has 12 rings (SSSR count). The first-order chi connectivity index (χ1) is 68.5. The van der Waals surface area contributed by atoms with Gasteiger partial charge in [0.1, 0.15) is 69.9 Å². The molecule has 2 aromatic carbocycles. The molecule has 10 heterocycles. The molecule has 0 saturated heterocycles. The number of nitrogen functional groups attached to an aromatic ring is 4. The standard InChI is InChI=1S/C11H21N5.C11H20N4.C10H12N6.C10H19N5.C10H18N4.C9H10N6.C9H17N5.2C8H15N5.C7H13N5/c1-5-6-7-8-12-10-13-9(2)14-11(15-10)16(3)4;1-5-6-7-12-10-8-11(15(3)4)14-9(2)13-10;11-8-14-9(12)16-10(15-8)13-6-7-4-2-1-3-5-7;1-4-5-6-7-12-10-14-8(2)13-9(11-3)15-10;1-4-5-6-12-10-7-9(11-3)13-8(2)14-10;10-7-13-8(11)15-9(14-7)12-6-4-2-1-3-5-6;1-5-6-10-8-11-7(2)12-9(13-8)14(3)4;1-5-9-7-10-6(2)11-8(12-7)13(3)4;1-4-5-10-8-12-6(2)11-7(9-3)13-8;1-4-9-7-11-5(2)10-6(8-3)12-7/h5-8H2,1-4H3,(H,12,13,14,15);8H,5-7H2,1-4H3,(H,12,13,14);1-5H,6H2,(H5,11,12,13,14,15,16);4-7H2,1-3H3,(H2,11,12,13,14,15);7H,4-6H2,1-3H3,(H2,11,12,13,14);1-5H,(H5,10,11,12,13,14,15);5-6H2,1-4H3,(H,10,11,12,13);5H2,1-4H3,(H,9,10,11,12);4-5H2,1-3H3,(H2,9,10,11,12,13);4H2,1-3H3,(H2,8,9,10,11,12). The molecule has 0 aliphatic carbocycles. The van der Waals surface area contributed by atoms with Crippen LogP contribution in [0.3, 0.4) is 0 Å². The van der Waals surface area contributed by atoms with E-state index in [4.69, 9.17) is 22.9 Å². The van der Waals surface area contributed by atoms with Gasteiger partial charge in [0.25, 0.3) is 0 Å². The lowest BCUT2D eigenvalue weighted by molar-refractivity contribution is 0.738. The lowest BCUT2D eigenvalue weighted by atomic mass is 10.2. The lowest BCUT2D eigenvalue weighted by Gasteiger charge is -2.13. The molecule has 10 aromatic heterocycles. The minimum atomic E-state index is 0.0981. The van der Waals surface area contributed by atoms with E-state index in [9.17, 15) is 0 Å². The highest BCUT2D eigenvalue weighted by Crippen LogP contribution is 2.19. The van der Waals surface area contributed by atoms with Crippen molar-refractivity contribution in [3.8, 4) is 0 Å². The Kier molecular flexibility index (Phi) is 60.2. The molecule has 0 aliphatic heterocycles. The topological polar surface area (TPSA) is 646 Å². The van der Waals surface area contributed by atoms with E-state index in [1.165, 1.54) is 44.9 Å². The third-order valence-corrected chi connectivity index (χ3v) is 17.9. The molecule has 0 spiro atoms. The van der Waals surface area contributed by atoms with Crippen LogP contribution < -0.4 is 117 Å². The quantitative estimate of drug-likeness (QED) is 0.0158. The van der Waals surface area contributed by atoms with Gasteiger partial charge in [-0.25, -0.2) is 19.9 Å². The van der Waals surface area contributed by atoms with Crippen molar-refractivity contribution in [2.75, 3.05) is 254 Å². The average Bonchev–Trinajstić information content (AvgIpc) is 0.885. The van der Waals surface area contributed by atoms with E-state index in [1.807, 2.05) is 225 Å². The largest absolute Gasteiger partial charge is 0.373 e. The van der Waals surface area contributed by atoms with E-state index < -0.39 is 0 Å². The summed E-state index contributed by atoms with van der Waals surface area (Å²) in [6, 6.07) is 23.3. The van der Waals surface area contributed by atoms with Crippen molar-refractivity contribution in [3.05, 3.63) is 125 Å². The second kappa shape index (κ2) is 70.8. The minimum absolute atomic E-state index is 0.0981. The summed E-state index contributed by atoms with van der Waals surface area (Å²) in [5, 5.41) is 43.0. The van der Waals surface area contributed by atoms with Crippen molar-refractivity contribution in [2.24, 2.45) is 0 Å². The highest BCUT2D eigenvalue weighted by Gasteiger charge is 2.12. The van der Waals surface area contributed by atoms with Gasteiger partial charge in [-0.15, -0.1) is 0 Å². The number of nitrogens with two attached hydrogens (primary N) is 4. The summed E-state index contributed by atoms with van der Waals surface area (Å²) in [6.07, 6.45) is 14.0. The molecule has 0 unspecified atom stereocenters. The van der Waals surface area contributed by atoms with Crippen LogP contribution in [0.4, 0.5) is 136 Å². The Morgan fingerprint density at radius 3 is 0.888 bits per heavy atom. The van der Waals surface area contributed by atoms with Gasteiger partial charge in [0.15, 0.2) is 0 Å². The third-order valence-electron chi connectivity index (χ3n) is 17.9. The van der Waals surface area contributed by atoms with E-state index in [0.717, 1.165) is 160 Å². The van der Waals surface area contributed by atoms with Crippen LogP contribution in [0.2, 0.25) is 0 Å². The summed E-state index contributed by atoms with van der Waals surface area (Å²) in [5.41, 5.74) is 23.7. The molecule has 0 saturated carbocycles. The van der Waals surface area contributed by atoms with Crippen LogP contribution in [-0.4, -0.2) is 276 Å². The van der Waals surface area contributed by atoms with Crippen molar-refractivity contribution >= 4 is 136 Å². The first-order valence-electron chi connectivity index (χ1n) is 48.1. The minimum Gasteiger partial charge on any atom is -0.373 e. The number of nitrogens with one attached hydrogen (secondary N) is 14. The molecule has 0 fully saturated rings. The second-order valence-corrected chi connectivity index (χ2v) is 31.9. The fraction of sp³-hybridized carbons (Fsp3) is 0.527. The molecular weight excluding hydrogens is 1820 g/mol. The van der Waals surface area contributed by atoms with Crippen molar-refractivity contribution in [3.63, 3.8) is 0 Å². The Balaban J connectivity index is 0.000000409. The highest BCUT2D eigenvalue weighted by molar-refractivity contribution is 5.55. The number of aromatic nitrogens is 28. The lowest BCUT2D eigenvalue weighted by Crippen LogP contribution is -2.16. The van der Waals surface area contributed by atoms with E-state index in [2.05, 4.69) is 256 Å². The first-order valence-corrected chi connectivity index (χ1v) is 48.1. The van der Waals surface area contributed by atoms with Crippen LogP contribution in [0.25, 0.3) is 0 Å². The summed E-state index contributed by atoms with van der Waals surface area (Å²) in [5.74, 6) is 18.5. The van der Waals surface area contributed by atoms with Gasteiger partial charge >= 0.3 is 0 Å². The number of hydrogen-bond donors (Lipinski definition) is 18. The molecule has 50 nitrogen and oxygen atoms in total. The van der Waals surface area contributed by atoms with Crippen LogP contribution in [0.1, 0.15) is 185 Å². The predicted octanol–water partition coefficient (Wildman–Crippen LogP) is 12.6. The van der Waals surface area contributed by atoms with Gasteiger partial charge in [0.2, 0.25) is 107 Å². The van der Waals surface area contributed by atoms with Crippen molar-refractivity contribution in [1.29, 1.82) is 0 Å². The Hall–Kier alpha value is -15.7. The fourth-order valence-electron chi connectivity index (χ4n) is 11.0. The summed E-state index contributed by atoms with van der Waals surface area (Å²) >= 11 is 0. The average molecular weight is 1980 g/mol. The van der Waals surface area contributed by atoms with Crippen LogP contribution in [0, 0.1) is 55.4 Å². The molecule has 0 radical (unpaired) electrons. The highest BCUT2D eigenvalue weighted by atomic mass is 15.3. The van der Waals surface area contributed by atoms with Gasteiger partial charge in [-0.3, -0.25) is 0 Å². The van der Waals surface area contributed by atoms with Gasteiger partial charge in [-0.2, -0.15) is 120 Å². The van der Waals surface area contributed by atoms with E-state index in [0.29, 0.717) is 95.6 Å². The Morgan fingerprint density at radius 2 is 0.538 bits per heavy atom. The van der Waals surface area contributed by atoms with Crippen LogP contribution in [0.5, 0.6) is 0 Å². The zero-order chi connectivity index (χ0) is 106. The monoisotopic (exact) mass is 1980 g/mol. The molecular formula is C93H160N50. The normalized spacial score (nSPS) is 9.96. The van der Waals surface area contributed by atoms with Gasteiger partial charge in [-0.1, -0.05) is 129 Å². The summed E-state index contributed by atoms with van der Waals surface area (Å²) < 4.78 is 0. The number of rotatable bonds is 41. The maximum atomic E-state index is 5.45. The van der Waals surface area contributed by atoms with Gasteiger partial charge < -0.3 is 117 Å². The summed E-state index contributed by atoms with van der Waals surface area (Å²) in [4.78, 5) is 123. The van der Waals surface area contributed by atoms with E-state index in [-0.39, 0.29) is 23.8 Å². The molecule has 50 heteroatoms. The van der Waals surface area contributed by atoms with Crippen LogP contribution in [0.15, 0.2) is 72.8 Å². The van der Waals surface area contributed by atoms with Crippen LogP contribution >= 0.6 is 0 Å². The van der Waals surface area contributed by atoms with Gasteiger partial charge in [0.05, 0.1) is 0 Å². The van der Waals surface area contributed by atoms with E-state index >= 15 is 0 Å². The Bertz CT molecular complexity index is 5410. The molecule has 0 atom stereocenters. The van der Waals surface area contributed by atoms with Gasteiger partial charge in [0, 0.05) is 161 Å². The van der Waals surface area contributed by atoms with Crippen molar-refractivity contribution < 1.29 is 0 Å². The summed E-state index contributed by atoms with van der Waals surface area (Å²) in [6.45, 7) is 39.7. The summed E-state index contributed by atoms with van der Waals surface area (Å²) in [7, 11) is 22.7. The molecule has 143 heavy (non-hydrogen) atoms. The Morgan fingerprint density at radius 1 is 0.238 bits per heavy atom.